The van der Waals surface area contributed by atoms with E-state index < -0.39 is 6.10 Å². The predicted molar refractivity (Wildman–Crippen MR) is 118 cm³/mol. The number of aliphatic hydroxyl groups is 1. The highest BCUT2D eigenvalue weighted by Crippen LogP contribution is 2.33. The number of fused-ring (bicyclic) bond motifs is 1. The van der Waals surface area contributed by atoms with E-state index in [0.29, 0.717) is 18.1 Å². The fourth-order valence-corrected chi connectivity index (χ4v) is 4.02. The summed E-state index contributed by atoms with van der Waals surface area (Å²) in [5.74, 6) is 2.30. The summed E-state index contributed by atoms with van der Waals surface area (Å²) in [5.41, 5.74) is 2.04. The maximum atomic E-state index is 10.6. The SMILES string of the molecule is COc1ccccc1N1CCN(CCCC(O)c2ccc3c(c2)OC=CCO3)CC1. The molecular weight excluding hydrogens is 380 g/mol. The quantitative estimate of drug-likeness (QED) is 0.753. The molecule has 1 saturated heterocycles. The Hall–Kier alpha value is -2.70. The molecule has 30 heavy (non-hydrogen) atoms. The number of hydrogen-bond acceptors (Lipinski definition) is 6. The highest BCUT2D eigenvalue weighted by Gasteiger charge is 2.20. The summed E-state index contributed by atoms with van der Waals surface area (Å²) in [6, 6.07) is 13.9. The van der Waals surface area contributed by atoms with Crippen molar-refractivity contribution in [3.05, 3.63) is 60.4 Å². The minimum Gasteiger partial charge on any atom is -0.495 e. The van der Waals surface area contributed by atoms with Gasteiger partial charge in [0.15, 0.2) is 11.5 Å². The number of ether oxygens (including phenoxy) is 3. The summed E-state index contributed by atoms with van der Waals surface area (Å²) in [7, 11) is 1.72. The molecule has 2 aliphatic rings. The van der Waals surface area contributed by atoms with Gasteiger partial charge < -0.3 is 24.2 Å². The molecule has 6 nitrogen and oxygen atoms in total. The Labute approximate surface area is 178 Å². The first kappa shape index (κ1) is 20.6. The highest BCUT2D eigenvalue weighted by molar-refractivity contribution is 5.58. The van der Waals surface area contributed by atoms with Crippen molar-refractivity contribution >= 4 is 5.69 Å². The molecule has 2 aromatic rings. The van der Waals surface area contributed by atoms with Gasteiger partial charge in [0.2, 0.25) is 0 Å². The molecule has 0 bridgehead atoms. The Bertz CT molecular complexity index is 862. The summed E-state index contributed by atoms with van der Waals surface area (Å²) >= 11 is 0. The van der Waals surface area contributed by atoms with Crippen LogP contribution < -0.4 is 19.1 Å². The first-order valence-electron chi connectivity index (χ1n) is 10.6. The zero-order valence-electron chi connectivity index (χ0n) is 17.5. The molecule has 0 saturated carbocycles. The number of benzene rings is 2. The maximum absolute atomic E-state index is 10.6. The van der Waals surface area contributed by atoms with E-state index in [1.807, 2.05) is 36.4 Å². The molecule has 0 radical (unpaired) electrons. The number of rotatable bonds is 7. The van der Waals surface area contributed by atoms with Crippen LogP contribution in [0, 0.1) is 0 Å². The van der Waals surface area contributed by atoms with E-state index in [2.05, 4.69) is 21.9 Å². The van der Waals surface area contributed by atoms with Gasteiger partial charge in [-0.25, -0.2) is 0 Å². The molecule has 160 valence electrons. The van der Waals surface area contributed by atoms with Gasteiger partial charge in [-0.05, 0) is 55.3 Å². The van der Waals surface area contributed by atoms with Gasteiger partial charge >= 0.3 is 0 Å². The van der Waals surface area contributed by atoms with Crippen LogP contribution in [0.5, 0.6) is 17.2 Å². The average molecular weight is 411 g/mol. The number of piperazine rings is 1. The van der Waals surface area contributed by atoms with Gasteiger partial charge in [0, 0.05) is 26.2 Å². The lowest BCUT2D eigenvalue weighted by atomic mass is 10.0. The largest absolute Gasteiger partial charge is 0.495 e. The Morgan fingerprint density at radius 3 is 2.73 bits per heavy atom. The van der Waals surface area contributed by atoms with Gasteiger partial charge in [-0.15, -0.1) is 0 Å². The van der Waals surface area contributed by atoms with Crippen molar-refractivity contribution in [2.45, 2.75) is 18.9 Å². The minimum atomic E-state index is -0.499. The monoisotopic (exact) mass is 410 g/mol. The zero-order chi connectivity index (χ0) is 20.8. The molecule has 1 fully saturated rings. The second-order valence-corrected chi connectivity index (χ2v) is 7.67. The summed E-state index contributed by atoms with van der Waals surface area (Å²) in [6.07, 6.45) is 4.63. The molecule has 0 spiro atoms. The van der Waals surface area contributed by atoms with Crippen molar-refractivity contribution in [2.24, 2.45) is 0 Å². The van der Waals surface area contributed by atoms with Gasteiger partial charge in [0.05, 0.1) is 25.2 Å². The molecule has 1 unspecified atom stereocenters. The maximum Gasteiger partial charge on any atom is 0.168 e. The molecule has 2 aliphatic heterocycles. The van der Waals surface area contributed by atoms with Crippen molar-refractivity contribution in [3.63, 3.8) is 0 Å². The van der Waals surface area contributed by atoms with Gasteiger partial charge in [0.1, 0.15) is 12.4 Å². The van der Waals surface area contributed by atoms with Crippen LogP contribution in [0.2, 0.25) is 0 Å². The summed E-state index contributed by atoms with van der Waals surface area (Å²) in [4.78, 5) is 4.85. The van der Waals surface area contributed by atoms with Crippen LogP contribution in [0.1, 0.15) is 24.5 Å². The van der Waals surface area contributed by atoms with Gasteiger partial charge in [0.25, 0.3) is 0 Å². The second-order valence-electron chi connectivity index (χ2n) is 7.67. The summed E-state index contributed by atoms with van der Waals surface area (Å²) < 4.78 is 16.6. The number of aliphatic hydroxyl groups excluding tert-OH is 1. The van der Waals surface area contributed by atoms with Crippen LogP contribution >= 0.6 is 0 Å². The predicted octanol–water partition coefficient (Wildman–Crippen LogP) is 3.62. The van der Waals surface area contributed by atoms with E-state index >= 15 is 0 Å². The lowest BCUT2D eigenvalue weighted by Crippen LogP contribution is -2.46. The lowest BCUT2D eigenvalue weighted by Gasteiger charge is -2.36. The zero-order valence-corrected chi connectivity index (χ0v) is 17.5. The van der Waals surface area contributed by atoms with Gasteiger partial charge in [-0.2, -0.15) is 0 Å². The van der Waals surface area contributed by atoms with E-state index in [-0.39, 0.29) is 0 Å². The molecular formula is C24H30N2O4. The Morgan fingerprint density at radius 1 is 1.07 bits per heavy atom. The van der Waals surface area contributed by atoms with Crippen molar-refractivity contribution in [2.75, 3.05) is 51.3 Å². The van der Waals surface area contributed by atoms with Crippen LogP contribution in [-0.2, 0) is 0 Å². The molecule has 4 rings (SSSR count). The third-order valence-electron chi connectivity index (χ3n) is 5.73. The first-order valence-corrected chi connectivity index (χ1v) is 10.6. The molecule has 2 heterocycles. The van der Waals surface area contributed by atoms with E-state index in [1.165, 1.54) is 5.69 Å². The van der Waals surface area contributed by atoms with E-state index in [1.54, 1.807) is 13.4 Å². The van der Waals surface area contributed by atoms with Crippen molar-refractivity contribution in [1.29, 1.82) is 0 Å². The third kappa shape index (κ3) is 4.89. The number of nitrogens with zero attached hydrogens (tertiary/aromatic N) is 2. The number of hydrogen-bond donors (Lipinski definition) is 1. The van der Waals surface area contributed by atoms with E-state index in [4.69, 9.17) is 14.2 Å². The second kappa shape index (κ2) is 9.87. The molecule has 1 N–H and O–H groups in total. The molecule has 0 aliphatic carbocycles. The van der Waals surface area contributed by atoms with E-state index in [9.17, 15) is 5.11 Å². The minimum absolute atomic E-state index is 0.499. The topological polar surface area (TPSA) is 54.4 Å². The van der Waals surface area contributed by atoms with Crippen molar-refractivity contribution in [3.8, 4) is 17.2 Å². The highest BCUT2D eigenvalue weighted by atomic mass is 16.5. The average Bonchev–Trinajstić information content (AvgIpc) is 3.04. The molecule has 2 aromatic carbocycles. The first-order chi connectivity index (χ1) is 14.7. The van der Waals surface area contributed by atoms with Crippen molar-refractivity contribution in [1.82, 2.24) is 4.90 Å². The van der Waals surface area contributed by atoms with Crippen molar-refractivity contribution < 1.29 is 19.3 Å². The molecule has 0 aromatic heterocycles. The van der Waals surface area contributed by atoms with E-state index in [0.717, 1.165) is 56.9 Å². The van der Waals surface area contributed by atoms with Crippen LogP contribution in [0.4, 0.5) is 5.69 Å². The lowest BCUT2D eigenvalue weighted by molar-refractivity contribution is 0.153. The standard InChI is InChI=1S/C24H30N2O4/c1-28-22-8-3-2-6-20(22)26-14-12-25(13-15-26)11-4-7-21(27)19-9-10-23-24(18-19)30-17-5-16-29-23/h2-3,5-6,8-10,17-18,21,27H,4,7,11-16H2,1H3. The van der Waals surface area contributed by atoms with Crippen LogP contribution in [0.25, 0.3) is 0 Å². The Kier molecular flexibility index (Phi) is 6.77. The number of para-hydroxylation sites is 2. The Morgan fingerprint density at radius 2 is 1.90 bits per heavy atom. The summed E-state index contributed by atoms with van der Waals surface area (Å²) in [5, 5.41) is 10.6. The van der Waals surface area contributed by atoms with Gasteiger partial charge in [-0.1, -0.05) is 18.2 Å². The normalized spacial score (nSPS) is 17.5. The molecule has 6 heteroatoms. The summed E-state index contributed by atoms with van der Waals surface area (Å²) in [6.45, 7) is 5.50. The number of methoxy groups -OCH3 is 1. The van der Waals surface area contributed by atoms with Gasteiger partial charge in [-0.3, -0.25) is 4.90 Å². The third-order valence-corrected chi connectivity index (χ3v) is 5.73. The molecule has 0 amide bonds. The van der Waals surface area contributed by atoms with Crippen LogP contribution in [0.3, 0.4) is 0 Å². The van der Waals surface area contributed by atoms with Crippen LogP contribution in [-0.4, -0.2) is 56.4 Å². The fraction of sp³-hybridized carbons (Fsp3) is 0.417. The van der Waals surface area contributed by atoms with Crippen LogP contribution in [0.15, 0.2) is 54.8 Å². The smallest absolute Gasteiger partial charge is 0.168 e. The Balaban J connectivity index is 1.23. The number of anilines is 1. The fourth-order valence-electron chi connectivity index (χ4n) is 4.02. The molecule has 1 atom stereocenters.